The second-order valence-electron chi connectivity index (χ2n) is 7.05. The molecule has 0 saturated carbocycles. The number of carbonyl (C=O) groups excluding carboxylic acids is 2. The predicted octanol–water partition coefficient (Wildman–Crippen LogP) is 2.29. The number of hydrogen-bond acceptors (Lipinski definition) is 4. The summed E-state index contributed by atoms with van der Waals surface area (Å²) in [5, 5.41) is 0. The van der Waals surface area contributed by atoms with Gasteiger partial charge in [-0.3, -0.25) is 13.9 Å². The monoisotopic (exact) mass is 370 g/mol. The molecule has 0 spiro atoms. The molecule has 7 heteroatoms. The summed E-state index contributed by atoms with van der Waals surface area (Å²) in [4.78, 5) is 26.8. The maximum Gasteiger partial charge on any atom is 0.265 e. The minimum Gasteiger partial charge on any atom is -0.268 e. The Hall–Kier alpha value is -2.67. The van der Waals surface area contributed by atoms with Gasteiger partial charge in [0.1, 0.15) is 0 Å². The van der Waals surface area contributed by atoms with Crippen LogP contribution in [0.25, 0.3) is 0 Å². The third-order valence-corrected chi connectivity index (χ3v) is 6.41. The second kappa shape index (κ2) is 5.17. The molecule has 2 amide bonds. The average Bonchev–Trinajstić information content (AvgIpc) is 3.00. The van der Waals surface area contributed by atoms with Crippen LogP contribution in [0.15, 0.2) is 60.0 Å². The highest BCUT2D eigenvalue weighted by Crippen LogP contribution is 2.46. The van der Waals surface area contributed by atoms with E-state index in [0.29, 0.717) is 16.8 Å². The number of sulfonamides is 1. The molecule has 0 aromatic heterocycles. The van der Waals surface area contributed by atoms with Crippen LogP contribution < -0.4 is 0 Å². The van der Waals surface area contributed by atoms with Gasteiger partial charge < -0.3 is 0 Å². The Morgan fingerprint density at radius 2 is 1.65 bits per heavy atom. The highest BCUT2D eigenvalue weighted by Gasteiger charge is 2.52. The Morgan fingerprint density at radius 3 is 2.19 bits per heavy atom. The normalized spacial score (nSPS) is 27.4. The quantitative estimate of drug-likeness (QED) is 0.749. The first-order valence-electron chi connectivity index (χ1n) is 8.21. The third kappa shape index (κ3) is 2.13. The van der Waals surface area contributed by atoms with Gasteiger partial charge in [-0.05, 0) is 26.0 Å². The van der Waals surface area contributed by atoms with Gasteiger partial charge in [-0.1, -0.05) is 35.9 Å². The van der Waals surface area contributed by atoms with E-state index in [1.54, 1.807) is 31.2 Å². The molecule has 2 heterocycles. The largest absolute Gasteiger partial charge is 0.268 e. The van der Waals surface area contributed by atoms with Crippen molar-refractivity contribution in [3.63, 3.8) is 0 Å². The molecule has 0 fully saturated rings. The zero-order chi connectivity index (χ0) is 18.9. The number of allylic oxidation sites excluding steroid dienone is 2. The summed E-state index contributed by atoms with van der Waals surface area (Å²) in [5.74, 6) is -1.27. The number of benzene rings is 1. The molecule has 6 nitrogen and oxygen atoms in total. The molecule has 2 aliphatic heterocycles. The van der Waals surface area contributed by atoms with Crippen LogP contribution >= 0.6 is 0 Å². The van der Waals surface area contributed by atoms with E-state index in [1.807, 2.05) is 25.2 Å². The van der Waals surface area contributed by atoms with Gasteiger partial charge in [-0.2, -0.15) is 0 Å². The van der Waals surface area contributed by atoms with Crippen molar-refractivity contribution in [2.45, 2.75) is 19.4 Å². The molecular weight excluding hydrogens is 352 g/mol. The first kappa shape index (κ1) is 16.8. The topological polar surface area (TPSA) is 74.8 Å². The molecule has 4 rings (SSSR count). The van der Waals surface area contributed by atoms with E-state index in [9.17, 15) is 18.0 Å². The summed E-state index contributed by atoms with van der Waals surface area (Å²) >= 11 is 0. The van der Waals surface area contributed by atoms with Gasteiger partial charge in [0.2, 0.25) is 10.0 Å². The third-order valence-electron chi connectivity index (χ3n) is 5.20. The molecule has 26 heavy (non-hydrogen) atoms. The van der Waals surface area contributed by atoms with Crippen LogP contribution in [0, 0.1) is 5.92 Å². The van der Waals surface area contributed by atoms with E-state index in [-0.39, 0.29) is 0 Å². The fourth-order valence-electron chi connectivity index (χ4n) is 3.90. The molecule has 1 aliphatic carbocycles. The van der Waals surface area contributed by atoms with Crippen molar-refractivity contribution >= 4 is 21.8 Å². The lowest BCUT2D eigenvalue weighted by molar-refractivity contribution is 0.0691. The van der Waals surface area contributed by atoms with Crippen LogP contribution in [0.5, 0.6) is 0 Å². The lowest BCUT2D eigenvalue weighted by Crippen LogP contribution is -2.47. The van der Waals surface area contributed by atoms with E-state index in [2.05, 4.69) is 0 Å². The Labute approximate surface area is 152 Å². The number of nitrogens with zero attached hydrogens (tertiary/aromatic N) is 2. The number of amides is 2. The molecule has 2 atom stereocenters. The van der Waals surface area contributed by atoms with E-state index in [1.165, 1.54) is 10.5 Å². The maximum atomic E-state index is 12.9. The van der Waals surface area contributed by atoms with Crippen molar-refractivity contribution in [2.24, 2.45) is 5.92 Å². The lowest BCUT2D eigenvalue weighted by Gasteiger charge is -2.38. The molecule has 134 valence electrons. The number of hydrogen-bond donors (Lipinski definition) is 0. The van der Waals surface area contributed by atoms with E-state index in [4.69, 9.17) is 0 Å². The summed E-state index contributed by atoms with van der Waals surface area (Å²) < 4.78 is 25.9. The summed E-state index contributed by atoms with van der Waals surface area (Å²) in [6.45, 7) is 3.69. The Balaban J connectivity index is 1.88. The fraction of sp³-hybridized carbons (Fsp3) is 0.263. The van der Waals surface area contributed by atoms with Crippen LogP contribution in [0.1, 0.15) is 34.6 Å². The Kier molecular flexibility index (Phi) is 3.34. The van der Waals surface area contributed by atoms with E-state index < -0.39 is 33.3 Å². The first-order chi connectivity index (χ1) is 12.1. The van der Waals surface area contributed by atoms with Gasteiger partial charge in [0.05, 0.1) is 28.6 Å². The summed E-state index contributed by atoms with van der Waals surface area (Å²) in [6.07, 6.45) is 8.11. The van der Waals surface area contributed by atoms with Gasteiger partial charge in [0, 0.05) is 12.1 Å². The number of fused-ring (bicyclic) bond motifs is 2. The first-order valence-corrected chi connectivity index (χ1v) is 10.1. The Bertz CT molecular complexity index is 1020. The Morgan fingerprint density at radius 1 is 1.08 bits per heavy atom. The second-order valence-corrected chi connectivity index (χ2v) is 8.91. The average molecular weight is 370 g/mol. The van der Waals surface area contributed by atoms with Crippen molar-refractivity contribution in [1.82, 2.24) is 9.21 Å². The molecule has 3 aliphatic rings. The minimum absolute atomic E-state index is 0.338. The van der Waals surface area contributed by atoms with Crippen molar-refractivity contribution in [1.29, 1.82) is 0 Å². The van der Waals surface area contributed by atoms with E-state index in [0.717, 1.165) is 16.7 Å². The number of carbonyl (C=O) groups is 2. The molecule has 0 bridgehead atoms. The van der Waals surface area contributed by atoms with Crippen LogP contribution in [-0.4, -0.2) is 41.2 Å². The van der Waals surface area contributed by atoms with Crippen LogP contribution in [0.4, 0.5) is 0 Å². The molecule has 0 radical (unpaired) electrons. The molecule has 0 unspecified atom stereocenters. The molecule has 1 aromatic rings. The summed E-state index contributed by atoms with van der Waals surface area (Å²) in [7, 11) is -3.59. The molecule has 0 N–H and O–H groups in total. The van der Waals surface area contributed by atoms with Crippen molar-refractivity contribution in [3.8, 4) is 0 Å². The van der Waals surface area contributed by atoms with Gasteiger partial charge in [0.25, 0.3) is 11.8 Å². The highest BCUT2D eigenvalue weighted by atomic mass is 32.2. The maximum absolute atomic E-state index is 12.9. The molecular formula is C19H18N2O4S. The number of rotatable bonds is 2. The summed E-state index contributed by atoms with van der Waals surface area (Å²) in [6, 6.07) is 6.63. The van der Waals surface area contributed by atoms with E-state index >= 15 is 0 Å². The van der Waals surface area contributed by atoms with Crippen molar-refractivity contribution < 1.29 is 18.0 Å². The van der Waals surface area contributed by atoms with Gasteiger partial charge in [-0.15, -0.1) is 0 Å². The van der Waals surface area contributed by atoms with Crippen molar-refractivity contribution in [2.75, 3.05) is 6.26 Å². The van der Waals surface area contributed by atoms with Gasteiger partial charge >= 0.3 is 0 Å². The predicted molar refractivity (Wildman–Crippen MR) is 96.5 cm³/mol. The van der Waals surface area contributed by atoms with Crippen molar-refractivity contribution in [3.05, 3.63) is 71.1 Å². The fourth-order valence-corrected chi connectivity index (χ4v) is 5.09. The number of imide groups is 1. The zero-order valence-electron chi connectivity index (χ0n) is 14.6. The van der Waals surface area contributed by atoms with Crippen LogP contribution in [-0.2, 0) is 10.0 Å². The van der Waals surface area contributed by atoms with Gasteiger partial charge in [0.15, 0.2) is 0 Å². The van der Waals surface area contributed by atoms with Crippen LogP contribution in [0.2, 0.25) is 0 Å². The molecule has 1 aromatic carbocycles. The molecule has 0 saturated heterocycles. The highest BCUT2D eigenvalue weighted by molar-refractivity contribution is 7.88. The summed E-state index contributed by atoms with van der Waals surface area (Å²) in [5.41, 5.74) is 1.12. The standard InChI is InChI=1S/C19H18N2O4S/c1-12-8-9-19(2)15(10-12)16(11-20(19)26(3,24)25)21-17(22)13-6-4-5-7-14(13)18(21)23/h4-11,15H,1-3H3/t15-,19-/m0/s1. The van der Waals surface area contributed by atoms with Gasteiger partial charge in [-0.25, -0.2) is 13.3 Å². The SMILES string of the molecule is CC1=C[C@H]2C(N3C(=O)c4ccccc4C3=O)=CN(S(C)(=O)=O)[C@@]2(C)C=C1. The lowest BCUT2D eigenvalue weighted by atomic mass is 9.80. The smallest absolute Gasteiger partial charge is 0.265 e. The van der Waals surface area contributed by atoms with Crippen LogP contribution in [0.3, 0.4) is 0 Å². The zero-order valence-corrected chi connectivity index (χ0v) is 15.4. The minimum atomic E-state index is -3.59.